The molecule has 7 heteroatoms. The van der Waals surface area contributed by atoms with Crippen molar-refractivity contribution >= 4 is 11.9 Å². The van der Waals surface area contributed by atoms with Crippen molar-refractivity contribution in [1.29, 1.82) is 0 Å². The molecule has 1 aromatic carbocycles. The first-order valence-electron chi connectivity index (χ1n) is 6.74. The van der Waals surface area contributed by atoms with E-state index < -0.39 is 6.04 Å². The summed E-state index contributed by atoms with van der Waals surface area (Å²) in [5.74, 6) is 0.643. The quantitative estimate of drug-likeness (QED) is 0.297. The molecule has 0 saturated carbocycles. The molecule has 1 amide bonds. The Bertz CT molecular complexity index is 469. The fourth-order valence-electron chi connectivity index (χ4n) is 1.71. The highest BCUT2D eigenvalue weighted by Crippen LogP contribution is 2.10. The van der Waals surface area contributed by atoms with E-state index in [-0.39, 0.29) is 11.9 Å². The standard InChI is InChI=1S/C14H23N5O2/c1-21-11-6-4-10(5-7-11)9-19-13(20)12(15)3-2-8-18-14(16)17/h4-7,12H,2-3,8-9,15H2,1H3,(H,19,20)(H4,16,17,18)/t12-/m0/s1. The Morgan fingerprint density at radius 3 is 2.57 bits per heavy atom. The summed E-state index contributed by atoms with van der Waals surface area (Å²) in [5, 5.41) is 2.80. The minimum absolute atomic E-state index is 0.0486. The van der Waals surface area contributed by atoms with E-state index in [1.807, 2.05) is 24.3 Å². The number of methoxy groups -OCH3 is 1. The molecule has 21 heavy (non-hydrogen) atoms. The van der Waals surface area contributed by atoms with Gasteiger partial charge in [-0.2, -0.15) is 0 Å². The van der Waals surface area contributed by atoms with Crippen molar-refractivity contribution in [1.82, 2.24) is 5.32 Å². The van der Waals surface area contributed by atoms with Crippen LogP contribution >= 0.6 is 0 Å². The normalized spacial score (nSPS) is 11.5. The number of carbonyl (C=O) groups is 1. The minimum Gasteiger partial charge on any atom is -0.497 e. The number of nitrogens with zero attached hydrogens (tertiary/aromatic N) is 1. The van der Waals surface area contributed by atoms with Crippen LogP contribution in [0, 0.1) is 0 Å². The number of amides is 1. The van der Waals surface area contributed by atoms with Gasteiger partial charge in [0.2, 0.25) is 5.91 Å². The first-order valence-corrected chi connectivity index (χ1v) is 6.74. The number of nitrogens with one attached hydrogen (secondary N) is 1. The molecule has 0 aliphatic heterocycles. The molecule has 0 saturated heterocycles. The number of nitrogens with two attached hydrogens (primary N) is 3. The second kappa shape index (κ2) is 8.80. The van der Waals surface area contributed by atoms with E-state index in [4.69, 9.17) is 21.9 Å². The first kappa shape index (κ1) is 16.8. The maximum Gasteiger partial charge on any atom is 0.237 e. The van der Waals surface area contributed by atoms with Gasteiger partial charge < -0.3 is 27.3 Å². The summed E-state index contributed by atoms with van der Waals surface area (Å²) in [6, 6.07) is 6.91. The fourth-order valence-corrected chi connectivity index (χ4v) is 1.71. The van der Waals surface area contributed by atoms with Crippen LogP contribution < -0.4 is 27.3 Å². The molecule has 7 nitrogen and oxygen atoms in total. The van der Waals surface area contributed by atoms with E-state index in [0.717, 1.165) is 11.3 Å². The number of hydrogen-bond acceptors (Lipinski definition) is 4. The maximum absolute atomic E-state index is 11.8. The number of rotatable bonds is 8. The van der Waals surface area contributed by atoms with Gasteiger partial charge in [-0.05, 0) is 30.5 Å². The highest BCUT2D eigenvalue weighted by molar-refractivity contribution is 5.81. The highest BCUT2D eigenvalue weighted by Gasteiger charge is 2.12. The predicted molar refractivity (Wildman–Crippen MR) is 82.7 cm³/mol. The average Bonchev–Trinajstić information content (AvgIpc) is 2.49. The van der Waals surface area contributed by atoms with Crippen LogP contribution in [0.25, 0.3) is 0 Å². The molecule has 0 aliphatic carbocycles. The summed E-state index contributed by atoms with van der Waals surface area (Å²) >= 11 is 0. The van der Waals surface area contributed by atoms with Crippen LogP contribution in [0.15, 0.2) is 29.3 Å². The van der Waals surface area contributed by atoms with Crippen molar-refractivity contribution in [3.05, 3.63) is 29.8 Å². The van der Waals surface area contributed by atoms with E-state index in [1.54, 1.807) is 7.11 Å². The molecular weight excluding hydrogens is 270 g/mol. The van der Waals surface area contributed by atoms with Gasteiger partial charge in [0.15, 0.2) is 5.96 Å². The van der Waals surface area contributed by atoms with Crippen LogP contribution in [0.4, 0.5) is 0 Å². The summed E-state index contributed by atoms with van der Waals surface area (Å²) in [7, 11) is 1.61. The van der Waals surface area contributed by atoms with E-state index in [0.29, 0.717) is 25.9 Å². The van der Waals surface area contributed by atoms with Crippen LogP contribution in [-0.4, -0.2) is 31.6 Å². The van der Waals surface area contributed by atoms with Gasteiger partial charge in [0.1, 0.15) is 5.75 Å². The van der Waals surface area contributed by atoms with Gasteiger partial charge in [-0.3, -0.25) is 9.79 Å². The van der Waals surface area contributed by atoms with Crippen molar-refractivity contribution < 1.29 is 9.53 Å². The summed E-state index contributed by atoms with van der Waals surface area (Å²) in [6.07, 6.45) is 1.19. The second-order valence-electron chi connectivity index (χ2n) is 4.62. The lowest BCUT2D eigenvalue weighted by Crippen LogP contribution is -2.40. The Hall–Kier alpha value is -2.28. The lowest BCUT2D eigenvalue weighted by atomic mass is 10.1. The number of aliphatic imine (C=N–C) groups is 1. The smallest absolute Gasteiger partial charge is 0.237 e. The van der Waals surface area contributed by atoms with E-state index in [2.05, 4.69) is 10.3 Å². The molecule has 0 spiro atoms. The summed E-state index contributed by atoms with van der Waals surface area (Å²) in [6.45, 7) is 0.909. The fraction of sp³-hybridized carbons (Fsp3) is 0.429. The molecular formula is C14H23N5O2. The van der Waals surface area contributed by atoms with Gasteiger partial charge >= 0.3 is 0 Å². The Kier molecular flexibility index (Phi) is 7.03. The lowest BCUT2D eigenvalue weighted by Gasteiger charge is -2.12. The zero-order valence-corrected chi connectivity index (χ0v) is 12.2. The van der Waals surface area contributed by atoms with Crippen LogP contribution in [0.1, 0.15) is 18.4 Å². The first-order chi connectivity index (χ1) is 10.0. The van der Waals surface area contributed by atoms with Crippen molar-refractivity contribution in [2.45, 2.75) is 25.4 Å². The van der Waals surface area contributed by atoms with Gasteiger partial charge in [0.25, 0.3) is 0 Å². The molecule has 116 valence electrons. The Balaban J connectivity index is 2.29. The molecule has 0 heterocycles. The van der Waals surface area contributed by atoms with Gasteiger partial charge in [-0.15, -0.1) is 0 Å². The second-order valence-corrected chi connectivity index (χ2v) is 4.62. The average molecular weight is 293 g/mol. The zero-order valence-electron chi connectivity index (χ0n) is 12.2. The van der Waals surface area contributed by atoms with Crippen molar-refractivity contribution in [2.75, 3.05) is 13.7 Å². The van der Waals surface area contributed by atoms with Gasteiger partial charge in [-0.25, -0.2) is 0 Å². The maximum atomic E-state index is 11.8. The molecule has 1 atom stereocenters. The number of hydrogen-bond donors (Lipinski definition) is 4. The van der Waals surface area contributed by atoms with E-state index in [9.17, 15) is 4.79 Å². The Labute approximate surface area is 124 Å². The summed E-state index contributed by atoms with van der Waals surface area (Å²) in [4.78, 5) is 15.7. The third kappa shape index (κ3) is 6.62. The molecule has 0 fully saturated rings. The molecule has 0 radical (unpaired) electrons. The molecule has 0 unspecified atom stereocenters. The number of carbonyl (C=O) groups excluding carboxylic acids is 1. The molecule has 1 rings (SSSR count). The zero-order chi connectivity index (χ0) is 15.7. The van der Waals surface area contributed by atoms with Crippen molar-refractivity contribution in [3.8, 4) is 5.75 Å². The third-order valence-corrected chi connectivity index (χ3v) is 2.93. The topological polar surface area (TPSA) is 129 Å². The minimum atomic E-state index is -0.558. The van der Waals surface area contributed by atoms with Crippen LogP contribution in [-0.2, 0) is 11.3 Å². The van der Waals surface area contributed by atoms with E-state index >= 15 is 0 Å². The SMILES string of the molecule is COc1ccc(CNC(=O)[C@@H](N)CCCN=C(N)N)cc1. The number of benzene rings is 1. The Morgan fingerprint density at radius 2 is 2.00 bits per heavy atom. The summed E-state index contributed by atoms with van der Waals surface area (Å²) < 4.78 is 5.07. The predicted octanol–water partition coefficient (Wildman–Crippen LogP) is -0.308. The van der Waals surface area contributed by atoms with Crippen LogP contribution in [0.3, 0.4) is 0 Å². The lowest BCUT2D eigenvalue weighted by molar-refractivity contribution is -0.122. The Morgan fingerprint density at radius 1 is 1.33 bits per heavy atom. The van der Waals surface area contributed by atoms with Gasteiger partial charge in [0, 0.05) is 13.1 Å². The monoisotopic (exact) mass is 293 g/mol. The van der Waals surface area contributed by atoms with Gasteiger partial charge in [0.05, 0.1) is 13.2 Å². The number of guanidine groups is 1. The largest absolute Gasteiger partial charge is 0.497 e. The number of ether oxygens (including phenoxy) is 1. The molecule has 0 aromatic heterocycles. The summed E-state index contributed by atoms with van der Waals surface area (Å²) in [5.41, 5.74) is 17.2. The van der Waals surface area contributed by atoms with Gasteiger partial charge in [-0.1, -0.05) is 12.1 Å². The van der Waals surface area contributed by atoms with Crippen LogP contribution in [0.2, 0.25) is 0 Å². The highest BCUT2D eigenvalue weighted by atomic mass is 16.5. The van der Waals surface area contributed by atoms with Crippen LogP contribution in [0.5, 0.6) is 5.75 Å². The molecule has 1 aromatic rings. The van der Waals surface area contributed by atoms with Crippen molar-refractivity contribution in [2.24, 2.45) is 22.2 Å². The van der Waals surface area contributed by atoms with E-state index in [1.165, 1.54) is 0 Å². The van der Waals surface area contributed by atoms with Crippen molar-refractivity contribution in [3.63, 3.8) is 0 Å². The molecule has 0 bridgehead atoms. The third-order valence-electron chi connectivity index (χ3n) is 2.93. The molecule has 0 aliphatic rings. The molecule has 7 N–H and O–H groups in total.